The lowest BCUT2D eigenvalue weighted by atomic mass is 10.1. The third kappa shape index (κ3) is 2.63. The summed E-state index contributed by atoms with van der Waals surface area (Å²) >= 11 is 5.52. The summed E-state index contributed by atoms with van der Waals surface area (Å²) in [5.74, 6) is -0.0974. The Bertz CT molecular complexity index is 593. The second kappa shape index (κ2) is 4.97. The fraction of sp³-hybridized carbons (Fsp3) is 0.0769. The summed E-state index contributed by atoms with van der Waals surface area (Å²) in [4.78, 5) is 10.2. The minimum Gasteiger partial charge on any atom is -0.259 e. The quantitative estimate of drug-likeness (QED) is 0.472. The number of hydrogen-bond donors (Lipinski definition) is 0. The van der Waals surface area contributed by atoms with E-state index >= 15 is 0 Å². The van der Waals surface area contributed by atoms with E-state index in [4.69, 9.17) is 11.6 Å². The first-order chi connectivity index (χ1) is 8.20. The smallest absolute Gasteiger partial charge is 0.259 e. The van der Waals surface area contributed by atoms with Gasteiger partial charge in [0.2, 0.25) is 0 Å². The number of halogens is 1. The van der Waals surface area contributed by atoms with Crippen LogP contribution in [0.1, 0.15) is 5.56 Å². The summed E-state index contributed by atoms with van der Waals surface area (Å²) in [6.45, 7) is 0. The Hall–Kier alpha value is -1.87. The highest BCUT2D eigenvalue weighted by atomic mass is 35.5. The number of benzene rings is 2. The molecule has 0 aliphatic heterocycles. The Morgan fingerprint density at radius 2 is 1.94 bits per heavy atom. The molecule has 0 bridgehead atoms. The number of alkyl halides is 1. The Morgan fingerprint density at radius 3 is 2.59 bits per heavy atom. The highest BCUT2D eigenvalue weighted by Gasteiger charge is 2.08. The zero-order valence-corrected chi connectivity index (χ0v) is 9.72. The van der Waals surface area contributed by atoms with Gasteiger partial charge in [-0.15, -0.1) is 11.6 Å². The minimum absolute atomic E-state index is 0.00180. The van der Waals surface area contributed by atoms with Crippen molar-refractivity contribution in [1.82, 2.24) is 0 Å². The van der Waals surface area contributed by atoms with Crippen molar-refractivity contribution >= 4 is 28.4 Å². The Kier molecular flexibility index (Phi) is 3.40. The predicted octanol–water partition coefficient (Wildman–Crippen LogP) is 3.70. The van der Waals surface area contributed by atoms with Crippen molar-refractivity contribution in [2.24, 2.45) is 0 Å². The van der Waals surface area contributed by atoms with Crippen LogP contribution in [0.3, 0.4) is 0 Å². The standard InChI is InChI=1S/C13H10ClNO2/c14-9-13(15(16)17)8-10-5-6-11-3-1-2-4-12(11)7-10/h1-8H,9H2/b13-8+. The molecule has 3 nitrogen and oxygen atoms in total. The van der Waals surface area contributed by atoms with Gasteiger partial charge < -0.3 is 0 Å². The van der Waals surface area contributed by atoms with E-state index in [2.05, 4.69) is 0 Å². The lowest BCUT2D eigenvalue weighted by molar-refractivity contribution is -0.422. The van der Waals surface area contributed by atoms with E-state index in [1.807, 2.05) is 42.5 Å². The van der Waals surface area contributed by atoms with Gasteiger partial charge in [0.25, 0.3) is 5.70 Å². The largest absolute Gasteiger partial charge is 0.261 e. The van der Waals surface area contributed by atoms with Crippen molar-refractivity contribution in [2.45, 2.75) is 0 Å². The van der Waals surface area contributed by atoms with Crippen LogP contribution in [0.25, 0.3) is 16.8 Å². The van der Waals surface area contributed by atoms with Crippen LogP contribution < -0.4 is 0 Å². The number of hydrogen-bond acceptors (Lipinski definition) is 2. The average molecular weight is 248 g/mol. The molecule has 0 saturated heterocycles. The summed E-state index contributed by atoms with van der Waals surface area (Å²) in [5, 5.41) is 12.8. The molecule has 2 aromatic carbocycles. The van der Waals surface area contributed by atoms with Crippen molar-refractivity contribution in [3.05, 3.63) is 63.8 Å². The number of rotatable bonds is 3. The van der Waals surface area contributed by atoms with E-state index in [1.165, 1.54) is 6.08 Å². The Morgan fingerprint density at radius 1 is 1.24 bits per heavy atom. The van der Waals surface area contributed by atoms with Crippen LogP contribution in [0.5, 0.6) is 0 Å². The lowest BCUT2D eigenvalue weighted by Crippen LogP contribution is -1.99. The molecule has 0 spiro atoms. The predicted molar refractivity (Wildman–Crippen MR) is 69.6 cm³/mol. The lowest BCUT2D eigenvalue weighted by Gasteiger charge is -1.99. The van der Waals surface area contributed by atoms with Crippen molar-refractivity contribution in [3.8, 4) is 0 Å². The topological polar surface area (TPSA) is 43.1 Å². The summed E-state index contributed by atoms with van der Waals surface area (Å²) in [6, 6.07) is 13.6. The van der Waals surface area contributed by atoms with Gasteiger partial charge in [0.15, 0.2) is 0 Å². The molecule has 2 rings (SSSR count). The minimum atomic E-state index is -0.456. The Balaban J connectivity index is 2.46. The van der Waals surface area contributed by atoms with E-state index in [0.717, 1.165) is 16.3 Å². The Labute approximate surface area is 103 Å². The first-order valence-corrected chi connectivity index (χ1v) is 5.64. The van der Waals surface area contributed by atoms with Gasteiger partial charge in [0, 0.05) is 6.08 Å². The van der Waals surface area contributed by atoms with Gasteiger partial charge in [0.05, 0.1) is 4.92 Å². The summed E-state index contributed by atoms with van der Waals surface area (Å²) in [7, 11) is 0. The van der Waals surface area contributed by atoms with Gasteiger partial charge >= 0.3 is 0 Å². The number of nitrogens with zero attached hydrogens (tertiary/aromatic N) is 1. The molecule has 0 radical (unpaired) electrons. The van der Waals surface area contributed by atoms with Crippen LogP contribution in [0, 0.1) is 10.1 Å². The molecule has 0 aromatic heterocycles. The number of allylic oxidation sites excluding steroid dienone is 1. The molecule has 0 heterocycles. The first-order valence-electron chi connectivity index (χ1n) is 5.10. The molecule has 0 fully saturated rings. The highest BCUT2D eigenvalue weighted by Crippen LogP contribution is 2.18. The van der Waals surface area contributed by atoms with Gasteiger partial charge in [-0.2, -0.15) is 0 Å². The molecule has 4 heteroatoms. The molecular formula is C13H10ClNO2. The third-order valence-electron chi connectivity index (χ3n) is 2.48. The second-order valence-corrected chi connectivity index (χ2v) is 3.90. The third-order valence-corrected chi connectivity index (χ3v) is 2.75. The molecule has 0 aliphatic carbocycles. The fourth-order valence-electron chi connectivity index (χ4n) is 1.63. The second-order valence-electron chi connectivity index (χ2n) is 3.63. The molecular weight excluding hydrogens is 238 g/mol. The molecule has 86 valence electrons. The highest BCUT2D eigenvalue weighted by molar-refractivity contribution is 6.19. The fourth-order valence-corrected chi connectivity index (χ4v) is 1.80. The van der Waals surface area contributed by atoms with E-state index < -0.39 is 4.92 Å². The SMILES string of the molecule is O=[N+]([O-])/C(=C/c1ccc2ccccc2c1)CCl. The normalized spacial score (nSPS) is 11.7. The van der Waals surface area contributed by atoms with Crippen molar-refractivity contribution in [3.63, 3.8) is 0 Å². The van der Waals surface area contributed by atoms with Crippen LogP contribution in [-0.2, 0) is 0 Å². The zero-order valence-electron chi connectivity index (χ0n) is 8.97. The van der Waals surface area contributed by atoms with Gasteiger partial charge in [0.1, 0.15) is 5.88 Å². The van der Waals surface area contributed by atoms with Gasteiger partial charge in [-0.05, 0) is 22.4 Å². The zero-order chi connectivity index (χ0) is 12.3. The molecule has 0 atom stereocenters. The molecule has 0 unspecified atom stereocenters. The van der Waals surface area contributed by atoms with E-state index in [-0.39, 0.29) is 11.6 Å². The van der Waals surface area contributed by atoms with Crippen molar-refractivity contribution < 1.29 is 4.92 Å². The first kappa shape index (κ1) is 11.6. The monoisotopic (exact) mass is 247 g/mol. The average Bonchev–Trinajstić information content (AvgIpc) is 2.35. The van der Waals surface area contributed by atoms with Crippen LogP contribution in [0.4, 0.5) is 0 Å². The molecule has 0 amide bonds. The van der Waals surface area contributed by atoms with Crippen LogP contribution in [0.2, 0.25) is 0 Å². The van der Waals surface area contributed by atoms with E-state index in [1.54, 1.807) is 0 Å². The maximum absolute atomic E-state index is 10.7. The number of nitro groups is 1. The van der Waals surface area contributed by atoms with Crippen molar-refractivity contribution in [1.29, 1.82) is 0 Å². The molecule has 0 saturated carbocycles. The van der Waals surface area contributed by atoms with Crippen LogP contribution in [-0.4, -0.2) is 10.8 Å². The van der Waals surface area contributed by atoms with Gasteiger partial charge in [-0.25, -0.2) is 0 Å². The maximum Gasteiger partial charge on any atom is 0.261 e. The van der Waals surface area contributed by atoms with Gasteiger partial charge in [-0.1, -0.05) is 36.4 Å². The summed E-state index contributed by atoms with van der Waals surface area (Å²) in [6.07, 6.45) is 1.50. The maximum atomic E-state index is 10.7. The molecule has 2 aromatic rings. The summed E-state index contributed by atoms with van der Waals surface area (Å²) < 4.78 is 0. The summed E-state index contributed by atoms with van der Waals surface area (Å²) in [5.41, 5.74) is 0.790. The van der Waals surface area contributed by atoms with Crippen molar-refractivity contribution in [2.75, 3.05) is 5.88 Å². The van der Waals surface area contributed by atoms with Gasteiger partial charge in [-0.3, -0.25) is 10.1 Å². The van der Waals surface area contributed by atoms with E-state index in [0.29, 0.717) is 0 Å². The molecule has 0 aliphatic rings. The van der Waals surface area contributed by atoms with Crippen LogP contribution >= 0.6 is 11.6 Å². The molecule has 0 N–H and O–H groups in total. The van der Waals surface area contributed by atoms with E-state index in [9.17, 15) is 10.1 Å². The van der Waals surface area contributed by atoms with Crippen LogP contribution in [0.15, 0.2) is 48.2 Å². The molecule has 17 heavy (non-hydrogen) atoms. The number of fused-ring (bicyclic) bond motifs is 1.